The van der Waals surface area contributed by atoms with E-state index in [0.29, 0.717) is 31.2 Å². The molecule has 1 N–H and O–H groups in total. The molecule has 2 aliphatic heterocycles. The first kappa shape index (κ1) is 19.3. The molecular formula is C19H22BrN5O2S. The van der Waals surface area contributed by atoms with Crippen molar-refractivity contribution >= 4 is 49.3 Å². The fourth-order valence-corrected chi connectivity index (χ4v) is 4.98. The van der Waals surface area contributed by atoms with E-state index in [1.807, 2.05) is 24.3 Å². The first-order valence-electron chi connectivity index (χ1n) is 9.52. The van der Waals surface area contributed by atoms with Crippen molar-refractivity contribution in [2.75, 3.05) is 29.4 Å². The molecule has 3 heterocycles. The lowest BCUT2D eigenvalue weighted by Crippen LogP contribution is -2.43. The predicted octanol–water partition coefficient (Wildman–Crippen LogP) is 2.96. The predicted molar refractivity (Wildman–Crippen MR) is 112 cm³/mol. The second-order valence-corrected chi connectivity index (χ2v) is 8.90. The summed E-state index contributed by atoms with van der Waals surface area (Å²) in [6, 6.07) is 7.90. The van der Waals surface area contributed by atoms with Crippen LogP contribution in [0, 0.1) is 5.92 Å². The van der Waals surface area contributed by atoms with E-state index >= 15 is 0 Å². The normalized spacial score (nSPS) is 19.9. The molecule has 9 heteroatoms. The number of hydrogen-bond donors (Lipinski definition) is 1. The largest absolute Gasteiger partial charge is 0.352 e. The fraction of sp³-hybridized carbons (Fsp3) is 0.474. The van der Waals surface area contributed by atoms with E-state index in [0.717, 1.165) is 41.0 Å². The second-order valence-electron chi connectivity index (χ2n) is 7.11. The number of hydrogen-bond acceptors (Lipinski definition) is 6. The Bertz CT molecular complexity index is 874. The number of rotatable bonds is 5. The van der Waals surface area contributed by atoms with Gasteiger partial charge in [0.05, 0.1) is 5.92 Å². The van der Waals surface area contributed by atoms with Crippen LogP contribution in [0.15, 0.2) is 28.7 Å². The average molecular weight is 464 g/mol. The Labute approximate surface area is 176 Å². The lowest BCUT2D eigenvalue weighted by Gasteiger charge is -2.31. The Morgan fingerprint density at radius 2 is 2.04 bits per heavy atom. The summed E-state index contributed by atoms with van der Waals surface area (Å²) in [5, 5.41) is 13.0. The monoisotopic (exact) mass is 463 g/mol. The Morgan fingerprint density at radius 3 is 2.82 bits per heavy atom. The number of nitrogens with one attached hydrogen (secondary N) is 1. The SMILES string of the molecule is O=C(NCc1ccccc1Br)C1CCCN(c2nnc(N3CCCC3=O)s2)C1. The van der Waals surface area contributed by atoms with Gasteiger partial charge in [-0.1, -0.05) is 45.5 Å². The molecule has 0 radical (unpaired) electrons. The van der Waals surface area contributed by atoms with Crippen LogP contribution in [0.5, 0.6) is 0 Å². The van der Waals surface area contributed by atoms with Crippen molar-refractivity contribution in [1.82, 2.24) is 15.5 Å². The van der Waals surface area contributed by atoms with Crippen molar-refractivity contribution in [3.05, 3.63) is 34.3 Å². The summed E-state index contributed by atoms with van der Waals surface area (Å²) in [4.78, 5) is 28.4. The highest BCUT2D eigenvalue weighted by molar-refractivity contribution is 9.10. The zero-order chi connectivity index (χ0) is 19.5. The molecule has 1 unspecified atom stereocenters. The molecule has 2 aliphatic rings. The Morgan fingerprint density at radius 1 is 1.21 bits per heavy atom. The van der Waals surface area contributed by atoms with Crippen LogP contribution in [0.4, 0.5) is 10.3 Å². The van der Waals surface area contributed by atoms with Gasteiger partial charge in [-0.25, -0.2) is 0 Å². The first-order chi connectivity index (χ1) is 13.6. The maximum Gasteiger partial charge on any atom is 0.228 e. The molecule has 0 bridgehead atoms. The van der Waals surface area contributed by atoms with Crippen molar-refractivity contribution in [3.63, 3.8) is 0 Å². The third-order valence-corrected chi connectivity index (χ3v) is 6.96. The van der Waals surface area contributed by atoms with Gasteiger partial charge in [-0.3, -0.25) is 14.5 Å². The number of halogens is 1. The van der Waals surface area contributed by atoms with E-state index in [4.69, 9.17) is 0 Å². The molecule has 7 nitrogen and oxygen atoms in total. The molecule has 4 rings (SSSR count). The lowest BCUT2D eigenvalue weighted by molar-refractivity contribution is -0.125. The zero-order valence-electron chi connectivity index (χ0n) is 15.4. The summed E-state index contributed by atoms with van der Waals surface area (Å²) in [5.41, 5.74) is 1.06. The topological polar surface area (TPSA) is 78.4 Å². The summed E-state index contributed by atoms with van der Waals surface area (Å²) in [7, 11) is 0. The minimum Gasteiger partial charge on any atom is -0.352 e. The summed E-state index contributed by atoms with van der Waals surface area (Å²) in [6.45, 7) is 2.71. The summed E-state index contributed by atoms with van der Waals surface area (Å²) < 4.78 is 0.999. The van der Waals surface area contributed by atoms with E-state index in [9.17, 15) is 9.59 Å². The van der Waals surface area contributed by atoms with E-state index in [1.54, 1.807) is 4.90 Å². The zero-order valence-corrected chi connectivity index (χ0v) is 17.8. The van der Waals surface area contributed by atoms with Crippen molar-refractivity contribution in [2.45, 2.75) is 32.2 Å². The maximum absolute atomic E-state index is 12.7. The molecule has 148 valence electrons. The van der Waals surface area contributed by atoms with Crippen LogP contribution in [-0.4, -0.2) is 41.6 Å². The summed E-state index contributed by atoms with van der Waals surface area (Å²) >= 11 is 4.95. The van der Waals surface area contributed by atoms with Gasteiger partial charge in [0.25, 0.3) is 0 Å². The van der Waals surface area contributed by atoms with Gasteiger partial charge in [0.1, 0.15) is 0 Å². The molecule has 2 saturated heterocycles. The molecule has 2 fully saturated rings. The Kier molecular flexibility index (Phi) is 5.91. The molecule has 1 atom stereocenters. The minimum absolute atomic E-state index is 0.0694. The van der Waals surface area contributed by atoms with Crippen molar-refractivity contribution in [2.24, 2.45) is 5.92 Å². The molecule has 2 aromatic rings. The van der Waals surface area contributed by atoms with Crippen molar-refractivity contribution in [3.8, 4) is 0 Å². The number of piperidine rings is 1. The number of carbonyl (C=O) groups excluding carboxylic acids is 2. The van der Waals surface area contributed by atoms with Crippen LogP contribution < -0.4 is 15.1 Å². The highest BCUT2D eigenvalue weighted by Crippen LogP contribution is 2.32. The van der Waals surface area contributed by atoms with Gasteiger partial charge in [0.15, 0.2) is 0 Å². The number of benzene rings is 1. The molecule has 1 aromatic carbocycles. The molecule has 0 aliphatic carbocycles. The van der Waals surface area contributed by atoms with Gasteiger partial charge in [0.2, 0.25) is 22.1 Å². The fourth-order valence-electron chi connectivity index (χ4n) is 3.63. The molecule has 1 aromatic heterocycles. The van der Waals surface area contributed by atoms with Crippen molar-refractivity contribution < 1.29 is 9.59 Å². The van der Waals surface area contributed by atoms with Crippen LogP contribution in [0.2, 0.25) is 0 Å². The number of aromatic nitrogens is 2. The minimum atomic E-state index is -0.0722. The first-order valence-corrected chi connectivity index (χ1v) is 11.1. The third kappa shape index (κ3) is 4.20. The molecule has 0 spiro atoms. The smallest absolute Gasteiger partial charge is 0.228 e. The van der Waals surface area contributed by atoms with E-state index in [2.05, 4.69) is 36.3 Å². The maximum atomic E-state index is 12.7. The van der Waals surface area contributed by atoms with E-state index in [-0.39, 0.29) is 17.7 Å². The van der Waals surface area contributed by atoms with Gasteiger partial charge in [-0.2, -0.15) is 0 Å². The van der Waals surface area contributed by atoms with Crippen LogP contribution in [0.1, 0.15) is 31.2 Å². The van der Waals surface area contributed by atoms with Gasteiger partial charge in [-0.05, 0) is 30.9 Å². The average Bonchev–Trinajstić information content (AvgIpc) is 3.36. The van der Waals surface area contributed by atoms with Gasteiger partial charge < -0.3 is 10.2 Å². The Balaban J connectivity index is 1.36. The van der Waals surface area contributed by atoms with Gasteiger partial charge in [-0.15, -0.1) is 10.2 Å². The van der Waals surface area contributed by atoms with Gasteiger partial charge >= 0.3 is 0 Å². The molecular weight excluding hydrogens is 442 g/mol. The van der Waals surface area contributed by atoms with E-state index in [1.165, 1.54) is 11.3 Å². The highest BCUT2D eigenvalue weighted by Gasteiger charge is 2.30. The van der Waals surface area contributed by atoms with Crippen molar-refractivity contribution in [1.29, 1.82) is 0 Å². The Hall–Kier alpha value is -2.00. The number of carbonyl (C=O) groups is 2. The molecule has 0 saturated carbocycles. The number of nitrogens with zero attached hydrogens (tertiary/aromatic N) is 4. The van der Waals surface area contributed by atoms with Crippen LogP contribution >= 0.6 is 27.3 Å². The third-order valence-electron chi connectivity index (χ3n) is 5.18. The number of anilines is 2. The van der Waals surface area contributed by atoms with Crippen LogP contribution in [0.25, 0.3) is 0 Å². The lowest BCUT2D eigenvalue weighted by atomic mass is 9.97. The van der Waals surface area contributed by atoms with Gasteiger partial charge in [0, 0.05) is 37.1 Å². The second kappa shape index (κ2) is 8.57. The molecule has 2 amide bonds. The quantitative estimate of drug-likeness (QED) is 0.737. The van der Waals surface area contributed by atoms with Crippen LogP contribution in [-0.2, 0) is 16.1 Å². The van der Waals surface area contributed by atoms with Crippen LogP contribution in [0.3, 0.4) is 0 Å². The van der Waals surface area contributed by atoms with E-state index < -0.39 is 0 Å². The number of amides is 2. The standard InChI is InChI=1S/C19H22BrN5O2S/c20-15-7-2-1-5-13(15)11-21-17(27)14-6-3-9-24(12-14)18-22-23-19(28-18)25-10-4-8-16(25)26/h1-2,5,7,14H,3-4,6,8-12H2,(H,21,27). The summed E-state index contributed by atoms with van der Waals surface area (Å²) in [6.07, 6.45) is 3.26. The summed E-state index contributed by atoms with van der Waals surface area (Å²) in [5.74, 6) is 0.114. The molecule has 28 heavy (non-hydrogen) atoms. The highest BCUT2D eigenvalue weighted by atomic mass is 79.9.